The van der Waals surface area contributed by atoms with Crippen molar-refractivity contribution in [2.24, 2.45) is 5.92 Å². The van der Waals surface area contributed by atoms with Gasteiger partial charge >= 0.3 is 0 Å². The summed E-state index contributed by atoms with van der Waals surface area (Å²) in [4.78, 5) is 19.0. The highest BCUT2D eigenvalue weighted by atomic mass is 16.2. The minimum Gasteiger partial charge on any atom is -0.340 e. The molecule has 0 radical (unpaired) electrons. The molecule has 2 rings (SSSR count). The molecule has 19 heavy (non-hydrogen) atoms. The highest BCUT2D eigenvalue weighted by Gasteiger charge is 2.20. The number of likely N-dealkylation sites (tertiary alicyclic amines) is 1. The van der Waals surface area contributed by atoms with Crippen molar-refractivity contribution < 1.29 is 4.79 Å². The molecule has 0 N–H and O–H groups in total. The van der Waals surface area contributed by atoms with Gasteiger partial charge in [0.25, 0.3) is 0 Å². The average Bonchev–Trinajstić information content (AvgIpc) is 2.61. The van der Waals surface area contributed by atoms with Crippen LogP contribution in [0.2, 0.25) is 0 Å². The smallest absolute Gasteiger partial charge is 0.223 e. The van der Waals surface area contributed by atoms with E-state index in [0.29, 0.717) is 12.3 Å². The topological polar surface area (TPSA) is 26.8 Å². The van der Waals surface area contributed by atoms with Crippen LogP contribution in [0.1, 0.15) is 32.6 Å². The van der Waals surface area contributed by atoms with Crippen molar-refractivity contribution in [1.82, 2.24) is 14.7 Å². The van der Waals surface area contributed by atoms with E-state index in [2.05, 4.69) is 23.8 Å². The standard InChI is InChI=1S/C15H29N3O/c1-14-5-3-4-7-17(13-14)8-6-15(19)18-11-9-16(2)10-12-18/h14H,3-13H2,1-2H3. The molecular formula is C15H29N3O. The van der Waals surface area contributed by atoms with Gasteiger partial charge in [0, 0.05) is 45.7 Å². The summed E-state index contributed by atoms with van der Waals surface area (Å²) in [6.07, 6.45) is 4.70. The zero-order chi connectivity index (χ0) is 13.7. The first-order valence-electron chi connectivity index (χ1n) is 7.84. The second-order valence-electron chi connectivity index (χ2n) is 6.34. The average molecular weight is 267 g/mol. The number of hydrogen-bond acceptors (Lipinski definition) is 3. The summed E-state index contributed by atoms with van der Waals surface area (Å²) in [6, 6.07) is 0. The summed E-state index contributed by atoms with van der Waals surface area (Å²) in [7, 11) is 2.13. The van der Waals surface area contributed by atoms with Gasteiger partial charge in [-0.1, -0.05) is 13.3 Å². The molecule has 0 aromatic rings. The molecule has 2 aliphatic rings. The van der Waals surface area contributed by atoms with E-state index in [4.69, 9.17) is 0 Å². The van der Waals surface area contributed by atoms with Crippen molar-refractivity contribution in [1.29, 1.82) is 0 Å². The third kappa shape index (κ3) is 4.77. The van der Waals surface area contributed by atoms with Crippen LogP contribution in [-0.2, 0) is 4.79 Å². The molecule has 0 spiro atoms. The molecule has 2 fully saturated rings. The summed E-state index contributed by atoms with van der Waals surface area (Å²) in [5.41, 5.74) is 0. The van der Waals surface area contributed by atoms with Gasteiger partial charge in [-0.05, 0) is 32.4 Å². The van der Waals surface area contributed by atoms with Gasteiger partial charge in [0.2, 0.25) is 5.91 Å². The number of likely N-dealkylation sites (N-methyl/N-ethyl adjacent to an activating group) is 1. The second kappa shape index (κ2) is 7.25. The van der Waals surface area contributed by atoms with Gasteiger partial charge < -0.3 is 14.7 Å². The second-order valence-corrected chi connectivity index (χ2v) is 6.34. The first kappa shape index (κ1) is 14.8. The molecule has 0 aromatic heterocycles. The Labute approximate surface area is 117 Å². The molecule has 0 saturated carbocycles. The first-order chi connectivity index (χ1) is 9.15. The van der Waals surface area contributed by atoms with Gasteiger partial charge in [0.05, 0.1) is 0 Å². The van der Waals surface area contributed by atoms with E-state index >= 15 is 0 Å². The molecule has 4 nitrogen and oxygen atoms in total. The fourth-order valence-electron chi connectivity index (χ4n) is 3.12. The quantitative estimate of drug-likeness (QED) is 0.770. The Morgan fingerprint density at radius 3 is 2.58 bits per heavy atom. The minimum atomic E-state index is 0.352. The van der Waals surface area contributed by atoms with Crippen LogP contribution in [0.3, 0.4) is 0 Å². The Balaban J connectivity index is 1.70. The molecule has 2 aliphatic heterocycles. The van der Waals surface area contributed by atoms with Crippen LogP contribution in [0, 0.1) is 5.92 Å². The summed E-state index contributed by atoms with van der Waals surface area (Å²) in [5.74, 6) is 1.14. The molecule has 0 aliphatic carbocycles. The summed E-state index contributed by atoms with van der Waals surface area (Å²) in [5, 5.41) is 0. The molecule has 2 heterocycles. The van der Waals surface area contributed by atoms with E-state index in [1.807, 2.05) is 4.90 Å². The number of hydrogen-bond donors (Lipinski definition) is 0. The van der Waals surface area contributed by atoms with E-state index in [-0.39, 0.29) is 0 Å². The van der Waals surface area contributed by atoms with Crippen molar-refractivity contribution in [2.45, 2.75) is 32.6 Å². The van der Waals surface area contributed by atoms with Crippen molar-refractivity contribution in [3.8, 4) is 0 Å². The fraction of sp³-hybridized carbons (Fsp3) is 0.933. The number of piperazine rings is 1. The monoisotopic (exact) mass is 267 g/mol. The van der Waals surface area contributed by atoms with Crippen LogP contribution in [-0.4, -0.2) is 73.5 Å². The molecule has 4 heteroatoms. The van der Waals surface area contributed by atoms with Gasteiger partial charge in [-0.2, -0.15) is 0 Å². The summed E-state index contributed by atoms with van der Waals surface area (Å²) >= 11 is 0. The molecule has 1 unspecified atom stereocenters. The molecule has 0 bridgehead atoms. The molecule has 110 valence electrons. The number of nitrogens with zero attached hydrogens (tertiary/aromatic N) is 3. The van der Waals surface area contributed by atoms with Crippen LogP contribution < -0.4 is 0 Å². The van der Waals surface area contributed by atoms with Crippen LogP contribution in [0.4, 0.5) is 0 Å². The lowest BCUT2D eigenvalue weighted by molar-refractivity contribution is -0.133. The van der Waals surface area contributed by atoms with E-state index in [1.165, 1.54) is 32.4 Å². The number of amides is 1. The predicted molar refractivity (Wildman–Crippen MR) is 78.1 cm³/mol. The van der Waals surface area contributed by atoms with Crippen molar-refractivity contribution >= 4 is 5.91 Å². The Morgan fingerprint density at radius 2 is 1.84 bits per heavy atom. The number of carbonyl (C=O) groups excluding carboxylic acids is 1. The molecule has 1 amide bonds. The maximum Gasteiger partial charge on any atom is 0.223 e. The Kier molecular flexibility index (Phi) is 5.64. The SMILES string of the molecule is CC1CCCCN(CCC(=O)N2CCN(C)CC2)C1. The highest BCUT2D eigenvalue weighted by molar-refractivity contribution is 5.76. The van der Waals surface area contributed by atoms with E-state index in [1.54, 1.807) is 0 Å². The maximum absolute atomic E-state index is 12.2. The summed E-state index contributed by atoms with van der Waals surface area (Å²) < 4.78 is 0. The van der Waals surface area contributed by atoms with Gasteiger partial charge in [-0.15, -0.1) is 0 Å². The summed E-state index contributed by atoms with van der Waals surface area (Å²) in [6.45, 7) is 9.50. The lowest BCUT2D eigenvalue weighted by atomic mass is 10.1. The first-order valence-corrected chi connectivity index (χ1v) is 7.84. The van der Waals surface area contributed by atoms with Crippen molar-refractivity contribution in [3.63, 3.8) is 0 Å². The number of rotatable bonds is 3. The molecular weight excluding hydrogens is 238 g/mol. The van der Waals surface area contributed by atoms with Crippen LogP contribution in [0.25, 0.3) is 0 Å². The predicted octanol–water partition coefficient (Wildman–Crippen LogP) is 1.27. The van der Waals surface area contributed by atoms with Gasteiger partial charge in [0.15, 0.2) is 0 Å². The zero-order valence-electron chi connectivity index (χ0n) is 12.6. The lowest BCUT2D eigenvalue weighted by Crippen LogP contribution is -2.47. The van der Waals surface area contributed by atoms with E-state index < -0.39 is 0 Å². The molecule has 1 atom stereocenters. The van der Waals surface area contributed by atoms with Crippen LogP contribution in [0.5, 0.6) is 0 Å². The third-order valence-electron chi connectivity index (χ3n) is 4.49. The fourth-order valence-corrected chi connectivity index (χ4v) is 3.12. The van der Waals surface area contributed by atoms with Gasteiger partial charge in [0.1, 0.15) is 0 Å². The van der Waals surface area contributed by atoms with E-state index in [0.717, 1.165) is 38.6 Å². The Hall–Kier alpha value is -0.610. The highest BCUT2D eigenvalue weighted by Crippen LogP contribution is 2.16. The normalized spacial score (nSPS) is 27.3. The zero-order valence-corrected chi connectivity index (χ0v) is 12.6. The minimum absolute atomic E-state index is 0.352. The lowest BCUT2D eigenvalue weighted by Gasteiger charge is -2.33. The Morgan fingerprint density at radius 1 is 1.11 bits per heavy atom. The molecule has 2 saturated heterocycles. The van der Waals surface area contributed by atoms with Crippen LogP contribution in [0.15, 0.2) is 0 Å². The largest absolute Gasteiger partial charge is 0.340 e. The van der Waals surface area contributed by atoms with Gasteiger partial charge in [-0.25, -0.2) is 0 Å². The van der Waals surface area contributed by atoms with Crippen molar-refractivity contribution in [3.05, 3.63) is 0 Å². The van der Waals surface area contributed by atoms with Crippen LogP contribution >= 0.6 is 0 Å². The maximum atomic E-state index is 12.2. The van der Waals surface area contributed by atoms with E-state index in [9.17, 15) is 4.79 Å². The third-order valence-corrected chi connectivity index (χ3v) is 4.49. The van der Waals surface area contributed by atoms with Gasteiger partial charge in [-0.3, -0.25) is 4.79 Å². The van der Waals surface area contributed by atoms with Crippen molar-refractivity contribution in [2.75, 3.05) is 52.9 Å². The number of carbonyl (C=O) groups is 1. The molecule has 0 aromatic carbocycles. The Bertz CT molecular complexity index is 287.